The lowest BCUT2D eigenvalue weighted by atomic mass is 10.1. The monoisotopic (exact) mass is 231 g/mol. The predicted molar refractivity (Wildman–Crippen MR) is 60.0 cm³/mol. The van der Waals surface area contributed by atoms with Gasteiger partial charge in [0.05, 0.1) is 12.2 Å². The van der Waals surface area contributed by atoms with Gasteiger partial charge in [0.1, 0.15) is 11.5 Å². The number of carbonyl (C=O) groups excluding carboxylic acids is 1. The van der Waals surface area contributed by atoms with Crippen molar-refractivity contribution in [3.05, 3.63) is 41.8 Å². The minimum Gasteiger partial charge on any atom is -0.349 e. The molecule has 0 spiro atoms. The van der Waals surface area contributed by atoms with E-state index >= 15 is 0 Å². The highest BCUT2D eigenvalue weighted by molar-refractivity contribution is 5.94. The third-order valence-electron chi connectivity index (χ3n) is 2.77. The Kier molecular flexibility index (Phi) is 2.18. The van der Waals surface area contributed by atoms with Gasteiger partial charge in [-0.2, -0.15) is 5.10 Å². The van der Waals surface area contributed by atoms with Crippen LogP contribution in [0.2, 0.25) is 0 Å². The fourth-order valence-electron chi connectivity index (χ4n) is 1.94. The number of rotatable bonds is 1. The molecule has 1 amide bonds. The Hall–Kier alpha value is -2.17. The first-order chi connectivity index (χ1) is 8.25. The summed E-state index contributed by atoms with van der Waals surface area (Å²) in [7, 11) is 0. The van der Waals surface area contributed by atoms with Crippen LogP contribution >= 0.6 is 0 Å². The molecule has 1 aliphatic heterocycles. The number of hydrogen-bond acceptors (Lipinski definition) is 2. The standard InChI is InChI=1S/C12H10FN3O/c13-9-4-2-1-3-8(9)10-7-11-12(17)14-5-6-16(11)15-10/h1-4,7H,5-6H2,(H,14,17). The maximum atomic E-state index is 13.6. The molecule has 2 heterocycles. The summed E-state index contributed by atoms with van der Waals surface area (Å²) in [6, 6.07) is 8.03. The van der Waals surface area contributed by atoms with Crippen molar-refractivity contribution in [3.8, 4) is 11.3 Å². The van der Waals surface area contributed by atoms with Gasteiger partial charge in [-0.15, -0.1) is 0 Å². The Morgan fingerprint density at radius 3 is 2.94 bits per heavy atom. The van der Waals surface area contributed by atoms with Gasteiger partial charge in [0.15, 0.2) is 0 Å². The molecule has 0 bridgehead atoms. The lowest BCUT2D eigenvalue weighted by molar-refractivity contribution is 0.0924. The molecule has 0 aliphatic carbocycles. The number of hydrogen-bond donors (Lipinski definition) is 1. The van der Waals surface area contributed by atoms with Gasteiger partial charge in [-0.05, 0) is 18.2 Å². The number of halogens is 1. The number of benzene rings is 1. The summed E-state index contributed by atoms with van der Waals surface area (Å²) in [5.74, 6) is -0.491. The third-order valence-corrected chi connectivity index (χ3v) is 2.77. The highest BCUT2D eigenvalue weighted by atomic mass is 19.1. The molecular weight excluding hydrogens is 221 g/mol. The molecule has 0 fully saturated rings. The Bertz CT molecular complexity index is 591. The molecule has 4 nitrogen and oxygen atoms in total. The van der Waals surface area contributed by atoms with Crippen LogP contribution in [0.25, 0.3) is 11.3 Å². The maximum Gasteiger partial charge on any atom is 0.269 e. The Balaban J connectivity index is 2.11. The number of carbonyl (C=O) groups is 1. The van der Waals surface area contributed by atoms with Gasteiger partial charge in [0.25, 0.3) is 5.91 Å². The van der Waals surface area contributed by atoms with Crippen molar-refractivity contribution in [2.75, 3.05) is 6.54 Å². The summed E-state index contributed by atoms with van der Waals surface area (Å²) in [5.41, 5.74) is 1.40. The molecule has 0 saturated carbocycles. The molecule has 0 radical (unpaired) electrons. The average molecular weight is 231 g/mol. The molecule has 2 aromatic rings. The highest BCUT2D eigenvalue weighted by Gasteiger charge is 2.20. The second-order valence-electron chi connectivity index (χ2n) is 3.87. The Labute approximate surface area is 97.1 Å². The first-order valence-corrected chi connectivity index (χ1v) is 5.36. The van der Waals surface area contributed by atoms with E-state index < -0.39 is 0 Å². The molecule has 1 aliphatic rings. The number of nitrogens with zero attached hydrogens (tertiary/aromatic N) is 2. The lowest BCUT2D eigenvalue weighted by Crippen LogP contribution is -2.35. The quantitative estimate of drug-likeness (QED) is 0.807. The van der Waals surface area contributed by atoms with Crippen LogP contribution in [-0.2, 0) is 6.54 Å². The van der Waals surface area contributed by atoms with Gasteiger partial charge in [-0.1, -0.05) is 12.1 Å². The van der Waals surface area contributed by atoms with Gasteiger partial charge in [-0.25, -0.2) is 4.39 Å². The topological polar surface area (TPSA) is 46.9 Å². The van der Waals surface area contributed by atoms with Crippen molar-refractivity contribution >= 4 is 5.91 Å². The van der Waals surface area contributed by atoms with E-state index in [0.29, 0.717) is 30.0 Å². The minimum absolute atomic E-state index is 0.161. The SMILES string of the molecule is O=C1NCCn2nc(-c3ccccc3F)cc21. The second-order valence-corrected chi connectivity index (χ2v) is 3.87. The summed E-state index contributed by atoms with van der Waals surface area (Å²) in [5, 5.41) is 6.97. The van der Waals surface area contributed by atoms with Crippen LogP contribution in [0, 0.1) is 5.82 Å². The van der Waals surface area contributed by atoms with E-state index in [-0.39, 0.29) is 11.7 Å². The van der Waals surface area contributed by atoms with E-state index in [9.17, 15) is 9.18 Å². The molecule has 1 N–H and O–H groups in total. The number of amides is 1. The van der Waals surface area contributed by atoms with E-state index in [2.05, 4.69) is 10.4 Å². The first kappa shape index (κ1) is 10.0. The van der Waals surface area contributed by atoms with E-state index in [1.807, 2.05) is 0 Å². The Morgan fingerprint density at radius 1 is 1.35 bits per heavy atom. The van der Waals surface area contributed by atoms with Crippen LogP contribution in [0.1, 0.15) is 10.5 Å². The van der Waals surface area contributed by atoms with E-state index in [4.69, 9.17) is 0 Å². The molecule has 0 atom stereocenters. The van der Waals surface area contributed by atoms with Crippen LogP contribution in [0.3, 0.4) is 0 Å². The number of fused-ring (bicyclic) bond motifs is 1. The normalized spacial score (nSPS) is 14.3. The van der Waals surface area contributed by atoms with Crippen LogP contribution in [-0.4, -0.2) is 22.2 Å². The third kappa shape index (κ3) is 1.60. The van der Waals surface area contributed by atoms with Gasteiger partial charge in [0, 0.05) is 12.1 Å². The lowest BCUT2D eigenvalue weighted by Gasteiger charge is -2.13. The molecule has 86 valence electrons. The summed E-state index contributed by atoms with van der Waals surface area (Å²) in [4.78, 5) is 11.5. The molecule has 3 rings (SSSR count). The fourth-order valence-corrected chi connectivity index (χ4v) is 1.94. The van der Waals surface area contributed by atoms with Crippen LogP contribution in [0.4, 0.5) is 4.39 Å². The second kappa shape index (κ2) is 3.69. The number of nitrogens with one attached hydrogen (secondary N) is 1. The van der Waals surface area contributed by atoms with E-state index in [1.54, 1.807) is 28.9 Å². The van der Waals surface area contributed by atoms with Crippen molar-refractivity contribution in [2.24, 2.45) is 0 Å². The first-order valence-electron chi connectivity index (χ1n) is 5.36. The van der Waals surface area contributed by atoms with Crippen LogP contribution < -0.4 is 5.32 Å². The van der Waals surface area contributed by atoms with Crippen LogP contribution in [0.15, 0.2) is 30.3 Å². The molecular formula is C12H10FN3O. The maximum absolute atomic E-state index is 13.6. The molecule has 0 saturated heterocycles. The summed E-state index contributed by atoms with van der Waals surface area (Å²) < 4.78 is 15.2. The van der Waals surface area contributed by atoms with E-state index in [0.717, 1.165) is 0 Å². The zero-order valence-electron chi connectivity index (χ0n) is 8.98. The van der Waals surface area contributed by atoms with Gasteiger partial charge < -0.3 is 5.32 Å². The smallest absolute Gasteiger partial charge is 0.269 e. The average Bonchev–Trinajstić information content (AvgIpc) is 2.75. The van der Waals surface area contributed by atoms with Gasteiger partial charge in [0.2, 0.25) is 0 Å². The van der Waals surface area contributed by atoms with Crippen molar-refractivity contribution < 1.29 is 9.18 Å². The van der Waals surface area contributed by atoms with Crippen molar-refractivity contribution in [2.45, 2.75) is 6.54 Å². The zero-order valence-corrected chi connectivity index (χ0v) is 8.98. The largest absolute Gasteiger partial charge is 0.349 e. The molecule has 0 unspecified atom stereocenters. The molecule has 1 aromatic carbocycles. The summed E-state index contributed by atoms with van der Waals surface area (Å²) >= 11 is 0. The minimum atomic E-state index is -0.330. The van der Waals surface area contributed by atoms with Crippen molar-refractivity contribution in [1.82, 2.24) is 15.1 Å². The summed E-state index contributed by atoms with van der Waals surface area (Å²) in [6.45, 7) is 1.18. The molecule has 1 aromatic heterocycles. The number of aromatic nitrogens is 2. The molecule has 5 heteroatoms. The fraction of sp³-hybridized carbons (Fsp3) is 0.167. The highest BCUT2D eigenvalue weighted by Crippen LogP contribution is 2.22. The van der Waals surface area contributed by atoms with Gasteiger partial charge in [-0.3, -0.25) is 9.48 Å². The predicted octanol–water partition coefficient (Wildman–Crippen LogP) is 1.43. The Morgan fingerprint density at radius 2 is 2.18 bits per heavy atom. The van der Waals surface area contributed by atoms with Crippen molar-refractivity contribution in [1.29, 1.82) is 0 Å². The summed E-state index contributed by atoms with van der Waals surface area (Å²) in [6.07, 6.45) is 0. The zero-order chi connectivity index (χ0) is 11.8. The van der Waals surface area contributed by atoms with Crippen molar-refractivity contribution in [3.63, 3.8) is 0 Å². The van der Waals surface area contributed by atoms with Crippen LogP contribution in [0.5, 0.6) is 0 Å². The van der Waals surface area contributed by atoms with E-state index in [1.165, 1.54) is 6.07 Å². The van der Waals surface area contributed by atoms with Gasteiger partial charge >= 0.3 is 0 Å². The molecule has 17 heavy (non-hydrogen) atoms.